The van der Waals surface area contributed by atoms with Gasteiger partial charge in [-0.2, -0.15) is 0 Å². The summed E-state index contributed by atoms with van der Waals surface area (Å²) in [6, 6.07) is 0. The molecule has 1 N–H and O–H groups in total. The topological polar surface area (TPSA) is 49.8 Å². The van der Waals surface area contributed by atoms with Crippen LogP contribution in [0.25, 0.3) is 0 Å². The van der Waals surface area contributed by atoms with E-state index in [2.05, 4.69) is 18.5 Å². The third-order valence-corrected chi connectivity index (χ3v) is 0.858. The van der Waals surface area contributed by atoms with Crippen molar-refractivity contribution in [3.63, 3.8) is 0 Å². The van der Waals surface area contributed by atoms with Crippen molar-refractivity contribution in [3.05, 3.63) is 0 Å². The summed E-state index contributed by atoms with van der Waals surface area (Å²) >= 11 is 4.19. The number of carbonyl (C=O) groups is 1. The van der Waals surface area contributed by atoms with Gasteiger partial charge in [-0.25, -0.2) is 4.79 Å². The minimum atomic E-state index is -1.36. The molecule has 1 rings (SSSR count). The highest BCUT2D eigenvalue weighted by molar-refractivity contribution is 6.60. The largest absolute Gasteiger partial charge is 0.469 e. The first kappa shape index (κ1) is 8.72. The molecule has 0 aliphatic carbocycles. The van der Waals surface area contributed by atoms with Crippen LogP contribution in [-0.2, 0) is 4.74 Å². The average Bonchev–Trinajstić information content (AvgIpc) is 2.43. The van der Waals surface area contributed by atoms with Crippen LogP contribution >= 0.6 is 11.6 Å². The summed E-state index contributed by atoms with van der Waals surface area (Å²) in [4.78, 5) is 8.77. The molecule has 9 heavy (non-hydrogen) atoms. The molecule has 1 heterocycles. The predicted molar refractivity (Wildman–Crippen MR) is 33.9 cm³/mol. The van der Waals surface area contributed by atoms with Crippen LogP contribution < -0.4 is 0 Å². The third-order valence-electron chi connectivity index (χ3n) is 0.858. The fourth-order valence-corrected chi connectivity index (χ4v) is 0.304. The van der Waals surface area contributed by atoms with Crippen LogP contribution in [0.1, 0.15) is 13.3 Å². The molecule has 0 aromatic carbocycles. The van der Waals surface area contributed by atoms with Gasteiger partial charge >= 0.3 is 5.43 Å². The van der Waals surface area contributed by atoms with E-state index in [1.165, 1.54) is 6.42 Å². The van der Waals surface area contributed by atoms with Crippen LogP contribution in [0.2, 0.25) is 0 Å². The first-order valence-electron chi connectivity index (χ1n) is 2.66. The number of epoxide rings is 1. The van der Waals surface area contributed by atoms with Crippen LogP contribution in [0.5, 0.6) is 0 Å². The molecule has 3 nitrogen and oxygen atoms in total. The highest BCUT2D eigenvalue weighted by Gasteiger charge is 2.18. The maximum Gasteiger partial charge on any atom is 0.401 e. The van der Waals surface area contributed by atoms with E-state index < -0.39 is 5.43 Å². The molecule has 0 saturated carbocycles. The molecule has 0 aromatic heterocycles. The lowest BCUT2D eigenvalue weighted by molar-refractivity contribution is 0.220. The van der Waals surface area contributed by atoms with Crippen molar-refractivity contribution in [3.8, 4) is 0 Å². The monoisotopic (exact) mass is 152 g/mol. The standard InChI is InChI=1S/C4H8O.CHClO2/c1-2-4-3-5-4;2-1(3)4/h4H,2-3H2,1H3;(H,3,4). The van der Waals surface area contributed by atoms with Crippen molar-refractivity contribution in [1.82, 2.24) is 0 Å². The molecular formula is C5H9ClO3. The number of hydrogen-bond acceptors (Lipinski definition) is 2. The second kappa shape index (κ2) is 4.58. The quantitative estimate of drug-likeness (QED) is 0.460. The molecule has 0 spiro atoms. The van der Waals surface area contributed by atoms with Gasteiger partial charge in [0.2, 0.25) is 0 Å². The minimum absolute atomic E-state index is 0.634. The zero-order valence-electron chi connectivity index (χ0n) is 5.13. The Morgan fingerprint density at radius 3 is 2.33 bits per heavy atom. The van der Waals surface area contributed by atoms with Gasteiger partial charge in [-0.1, -0.05) is 6.92 Å². The van der Waals surface area contributed by atoms with E-state index in [4.69, 9.17) is 14.6 Å². The molecule has 1 aliphatic rings. The van der Waals surface area contributed by atoms with Crippen molar-refractivity contribution in [2.75, 3.05) is 6.61 Å². The van der Waals surface area contributed by atoms with Gasteiger partial charge in [0.25, 0.3) is 0 Å². The van der Waals surface area contributed by atoms with Gasteiger partial charge in [0.15, 0.2) is 0 Å². The zero-order chi connectivity index (χ0) is 7.28. The Balaban J connectivity index is 0.000000148. The molecule has 0 amide bonds. The summed E-state index contributed by atoms with van der Waals surface area (Å²) in [5.41, 5.74) is -1.36. The molecule has 1 atom stereocenters. The van der Waals surface area contributed by atoms with Gasteiger partial charge in [0.05, 0.1) is 12.7 Å². The van der Waals surface area contributed by atoms with Gasteiger partial charge in [-0.15, -0.1) is 0 Å². The van der Waals surface area contributed by atoms with E-state index in [1.54, 1.807) is 0 Å². The number of rotatable bonds is 1. The van der Waals surface area contributed by atoms with Crippen molar-refractivity contribution < 1.29 is 14.6 Å². The molecule has 1 saturated heterocycles. The smallest absolute Gasteiger partial charge is 0.401 e. The maximum atomic E-state index is 8.77. The second-order valence-electron chi connectivity index (χ2n) is 1.62. The van der Waals surface area contributed by atoms with Gasteiger partial charge in [-0.05, 0) is 6.42 Å². The molecule has 4 heteroatoms. The van der Waals surface area contributed by atoms with Crippen molar-refractivity contribution in [1.29, 1.82) is 0 Å². The summed E-state index contributed by atoms with van der Waals surface area (Å²) in [5.74, 6) is 0. The van der Waals surface area contributed by atoms with Crippen molar-refractivity contribution in [2.45, 2.75) is 19.4 Å². The Labute approximate surface area is 58.6 Å². The van der Waals surface area contributed by atoms with Crippen molar-refractivity contribution >= 4 is 17.0 Å². The number of ether oxygens (including phenoxy) is 1. The molecule has 1 aliphatic heterocycles. The fraction of sp³-hybridized carbons (Fsp3) is 0.800. The molecule has 1 fully saturated rings. The second-order valence-corrected chi connectivity index (χ2v) is 1.94. The van der Waals surface area contributed by atoms with Gasteiger partial charge < -0.3 is 9.84 Å². The third kappa shape index (κ3) is 11.3. The molecule has 1 unspecified atom stereocenters. The lowest BCUT2D eigenvalue weighted by Gasteiger charge is -1.69. The Morgan fingerprint density at radius 1 is 2.00 bits per heavy atom. The Morgan fingerprint density at radius 2 is 2.33 bits per heavy atom. The molecule has 54 valence electrons. The SMILES string of the molecule is CCC1CO1.O=C(O)Cl. The lowest BCUT2D eigenvalue weighted by atomic mass is 10.4. The highest BCUT2D eigenvalue weighted by Crippen LogP contribution is 2.10. The van der Waals surface area contributed by atoms with E-state index in [0.717, 1.165) is 6.61 Å². The van der Waals surface area contributed by atoms with Crippen LogP contribution in [0.4, 0.5) is 4.79 Å². The summed E-state index contributed by atoms with van der Waals surface area (Å²) < 4.78 is 4.86. The van der Waals surface area contributed by atoms with E-state index in [9.17, 15) is 0 Å². The number of halogens is 1. The summed E-state index contributed by atoms with van der Waals surface area (Å²) in [5, 5.41) is 7.18. The predicted octanol–water partition coefficient (Wildman–Crippen LogP) is 1.70. The van der Waals surface area contributed by atoms with E-state index in [-0.39, 0.29) is 0 Å². The lowest BCUT2D eigenvalue weighted by Crippen LogP contribution is -1.73. The van der Waals surface area contributed by atoms with Crippen LogP contribution in [0, 0.1) is 0 Å². The Kier molecular flexibility index (Phi) is 4.44. The molecular weight excluding hydrogens is 144 g/mol. The van der Waals surface area contributed by atoms with E-state index in [1.807, 2.05) is 0 Å². The van der Waals surface area contributed by atoms with E-state index >= 15 is 0 Å². The maximum absolute atomic E-state index is 8.77. The summed E-state index contributed by atoms with van der Waals surface area (Å²) in [6.45, 7) is 3.15. The van der Waals surface area contributed by atoms with Gasteiger partial charge in [0, 0.05) is 11.6 Å². The molecule has 0 aromatic rings. The number of carboxylic acid groups (broad SMARTS) is 1. The Hall–Kier alpha value is -0.280. The first-order valence-corrected chi connectivity index (χ1v) is 3.04. The van der Waals surface area contributed by atoms with Crippen LogP contribution in [0.15, 0.2) is 0 Å². The molecule has 0 bridgehead atoms. The van der Waals surface area contributed by atoms with Gasteiger partial charge in [-0.3, -0.25) is 0 Å². The van der Waals surface area contributed by atoms with Crippen LogP contribution in [-0.4, -0.2) is 23.2 Å². The fourth-order valence-electron chi connectivity index (χ4n) is 0.304. The summed E-state index contributed by atoms with van der Waals surface area (Å²) in [7, 11) is 0. The van der Waals surface area contributed by atoms with Gasteiger partial charge in [0.1, 0.15) is 0 Å². The zero-order valence-corrected chi connectivity index (χ0v) is 5.89. The number of hydrogen-bond donors (Lipinski definition) is 1. The summed E-state index contributed by atoms with van der Waals surface area (Å²) in [6.07, 6.45) is 1.83. The first-order chi connectivity index (χ1) is 4.16. The minimum Gasteiger partial charge on any atom is -0.469 e. The average molecular weight is 153 g/mol. The van der Waals surface area contributed by atoms with Crippen molar-refractivity contribution in [2.24, 2.45) is 0 Å². The van der Waals surface area contributed by atoms with Crippen LogP contribution in [0.3, 0.4) is 0 Å². The molecule has 0 radical (unpaired) electrons. The van der Waals surface area contributed by atoms with E-state index in [0.29, 0.717) is 6.10 Å². The Bertz CT molecular complexity index is 86.2. The normalized spacial score (nSPS) is 21.8. The highest BCUT2D eigenvalue weighted by atomic mass is 35.5.